The standard InChI is InChI=1S/C13H29N3O2/c1-12(6-7-14)4-5-13(17)15-8-9-16(2)10-11-18-3/h12H,4-11,14H2,1-3H3,(H,15,17). The van der Waals surface area contributed by atoms with E-state index in [1.54, 1.807) is 7.11 Å². The van der Waals surface area contributed by atoms with E-state index < -0.39 is 0 Å². The second kappa shape index (κ2) is 11.4. The molecule has 0 saturated carbocycles. The van der Waals surface area contributed by atoms with Crippen LogP contribution in [0.1, 0.15) is 26.2 Å². The van der Waals surface area contributed by atoms with E-state index in [0.29, 0.717) is 25.4 Å². The van der Waals surface area contributed by atoms with E-state index >= 15 is 0 Å². The predicted octanol–water partition coefficient (Wildman–Crippen LogP) is 0.446. The molecule has 3 N–H and O–H groups in total. The maximum atomic E-state index is 11.6. The van der Waals surface area contributed by atoms with Crippen molar-refractivity contribution in [3.8, 4) is 0 Å². The van der Waals surface area contributed by atoms with Gasteiger partial charge in [-0.3, -0.25) is 4.79 Å². The van der Waals surface area contributed by atoms with E-state index in [4.69, 9.17) is 10.5 Å². The normalized spacial score (nSPS) is 12.7. The monoisotopic (exact) mass is 259 g/mol. The molecule has 5 heteroatoms. The van der Waals surface area contributed by atoms with Crippen molar-refractivity contribution in [2.24, 2.45) is 11.7 Å². The number of ether oxygens (including phenoxy) is 1. The van der Waals surface area contributed by atoms with Crippen LogP contribution >= 0.6 is 0 Å². The summed E-state index contributed by atoms with van der Waals surface area (Å²) in [6.45, 7) is 6.00. The van der Waals surface area contributed by atoms with Gasteiger partial charge in [-0.05, 0) is 32.4 Å². The Morgan fingerprint density at radius 3 is 2.72 bits per heavy atom. The smallest absolute Gasteiger partial charge is 0.220 e. The molecule has 0 aromatic rings. The Hall–Kier alpha value is -0.650. The number of methoxy groups -OCH3 is 1. The lowest BCUT2D eigenvalue weighted by molar-refractivity contribution is -0.121. The van der Waals surface area contributed by atoms with Crippen molar-refractivity contribution in [1.82, 2.24) is 10.2 Å². The maximum Gasteiger partial charge on any atom is 0.220 e. The highest BCUT2D eigenvalue weighted by molar-refractivity contribution is 5.75. The number of nitrogens with one attached hydrogen (secondary N) is 1. The Labute approximate surface area is 111 Å². The van der Waals surface area contributed by atoms with Crippen molar-refractivity contribution in [2.45, 2.75) is 26.2 Å². The number of likely N-dealkylation sites (N-methyl/N-ethyl adjacent to an activating group) is 1. The molecular formula is C13H29N3O2. The zero-order valence-corrected chi connectivity index (χ0v) is 12.1. The molecule has 0 aliphatic rings. The number of hydrogen-bond acceptors (Lipinski definition) is 4. The predicted molar refractivity (Wildman–Crippen MR) is 74.5 cm³/mol. The Balaban J connectivity index is 3.47. The minimum atomic E-state index is 0.138. The summed E-state index contributed by atoms with van der Waals surface area (Å²) in [7, 11) is 3.71. The summed E-state index contributed by atoms with van der Waals surface area (Å²) in [5, 5.41) is 2.93. The molecule has 18 heavy (non-hydrogen) atoms. The van der Waals surface area contributed by atoms with E-state index in [2.05, 4.69) is 17.1 Å². The summed E-state index contributed by atoms with van der Waals surface area (Å²) in [5.74, 6) is 0.670. The van der Waals surface area contributed by atoms with Gasteiger partial charge in [0.25, 0.3) is 0 Å². The van der Waals surface area contributed by atoms with Crippen LogP contribution in [0.3, 0.4) is 0 Å². The van der Waals surface area contributed by atoms with E-state index in [9.17, 15) is 4.79 Å². The lowest BCUT2D eigenvalue weighted by Gasteiger charge is -2.16. The topological polar surface area (TPSA) is 67.6 Å². The number of nitrogens with two attached hydrogens (primary N) is 1. The van der Waals surface area contributed by atoms with Crippen LogP contribution in [0.4, 0.5) is 0 Å². The number of hydrogen-bond donors (Lipinski definition) is 2. The van der Waals surface area contributed by atoms with Crippen molar-refractivity contribution < 1.29 is 9.53 Å². The summed E-state index contributed by atoms with van der Waals surface area (Å²) >= 11 is 0. The van der Waals surface area contributed by atoms with Crippen molar-refractivity contribution in [3.05, 3.63) is 0 Å². The number of carbonyl (C=O) groups is 1. The molecule has 0 saturated heterocycles. The van der Waals surface area contributed by atoms with Gasteiger partial charge in [-0.2, -0.15) is 0 Å². The minimum Gasteiger partial charge on any atom is -0.383 e. The molecule has 0 spiro atoms. The van der Waals surface area contributed by atoms with Crippen LogP contribution < -0.4 is 11.1 Å². The average molecular weight is 259 g/mol. The summed E-state index contributed by atoms with van der Waals surface area (Å²) < 4.78 is 4.99. The van der Waals surface area contributed by atoms with Gasteiger partial charge in [-0.1, -0.05) is 6.92 Å². The molecule has 1 amide bonds. The fourth-order valence-electron chi connectivity index (χ4n) is 1.64. The van der Waals surface area contributed by atoms with Crippen LogP contribution in [0, 0.1) is 5.92 Å². The third kappa shape index (κ3) is 10.5. The maximum absolute atomic E-state index is 11.6. The van der Waals surface area contributed by atoms with E-state index in [1.165, 1.54) is 0 Å². The van der Waals surface area contributed by atoms with Gasteiger partial charge in [0.15, 0.2) is 0 Å². The zero-order valence-electron chi connectivity index (χ0n) is 12.1. The lowest BCUT2D eigenvalue weighted by atomic mass is 10.0. The highest BCUT2D eigenvalue weighted by Gasteiger charge is 2.06. The Morgan fingerprint density at radius 1 is 1.39 bits per heavy atom. The third-order valence-corrected chi connectivity index (χ3v) is 3.02. The molecule has 5 nitrogen and oxygen atoms in total. The van der Waals surface area contributed by atoms with Gasteiger partial charge in [0.1, 0.15) is 0 Å². The number of rotatable bonds is 11. The lowest BCUT2D eigenvalue weighted by Crippen LogP contribution is -2.34. The van der Waals surface area contributed by atoms with Gasteiger partial charge in [-0.15, -0.1) is 0 Å². The minimum absolute atomic E-state index is 0.138. The van der Waals surface area contributed by atoms with Crippen molar-refractivity contribution >= 4 is 5.91 Å². The van der Waals surface area contributed by atoms with Crippen molar-refractivity contribution in [1.29, 1.82) is 0 Å². The first-order valence-electron chi connectivity index (χ1n) is 6.74. The van der Waals surface area contributed by atoms with Crippen molar-refractivity contribution in [3.63, 3.8) is 0 Å². The summed E-state index contributed by atoms with van der Waals surface area (Å²) in [5.41, 5.74) is 5.47. The highest BCUT2D eigenvalue weighted by atomic mass is 16.5. The Bertz CT molecular complexity index is 212. The van der Waals surface area contributed by atoms with Gasteiger partial charge in [0.05, 0.1) is 6.61 Å². The molecule has 0 heterocycles. The molecule has 0 radical (unpaired) electrons. The van der Waals surface area contributed by atoms with Gasteiger partial charge in [-0.25, -0.2) is 0 Å². The van der Waals surface area contributed by atoms with Crippen LogP contribution in [0.15, 0.2) is 0 Å². The van der Waals surface area contributed by atoms with Gasteiger partial charge < -0.3 is 20.7 Å². The number of nitrogens with zero attached hydrogens (tertiary/aromatic N) is 1. The fraction of sp³-hybridized carbons (Fsp3) is 0.923. The van der Waals surface area contributed by atoms with Crippen LogP contribution in [0.25, 0.3) is 0 Å². The van der Waals surface area contributed by atoms with E-state index in [1.807, 2.05) is 7.05 Å². The van der Waals surface area contributed by atoms with E-state index in [0.717, 1.165) is 32.5 Å². The molecule has 0 aliphatic carbocycles. The number of carbonyl (C=O) groups excluding carboxylic acids is 1. The van der Waals surface area contributed by atoms with Crippen LogP contribution in [-0.4, -0.2) is 57.8 Å². The SMILES string of the molecule is COCCN(C)CCNC(=O)CCC(C)CCN. The summed E-state index contributed by atoms with van der Waals surface area (Å²) in [6.07, 6.45) is 2.51. The van der Waals surface area contributed by atoms with Crippen LogP contribution in [-0.2, 0) is 9.53 Å². The quantitative estimate of drug-likeness (QED) is 0.565. The summed E-state index contributed by atoms with van der Waals surface area (Å²) in [6, 6.07) is 0. The molecule has 1 unspecified atom stereocenters. The molecule has 0 rings (SSSR count). The molecule has 0 aromatic heterocycles. The van der Waals surface area contributed by atoms with Crippen LogP contribution in [0.5, 0.6) is 0 Å². The molecule has 108 valence electrons. The molecule has 0 aromatic carbocycles. The van der Waals surface area contributed by atoms with E-state index in [-0.39, 0.29) is 5.91 Å². The molecule has 1 atom stereocenters. The second-order valence-electron chi connectivity index (χ2n) is 4.87. The first-order valence-corrected chi connectivity index (χ1v) is 6.74. The Kier molecular flexibility index (Phi) is 11.0. The highest BCUT2D eigenvalue weighted by Crippen LogP contribution is 2.08. The largest absolute Gasteiger partial charge is 0.383 e. The zero-order chi connectivity index (χ0) is 13.8. The molecular weight excluding hydrogens is 230 g/mol. The first-order chi connectivity index (χ1) is 8.60. The van der Waals surface area contributed by atoms with Gasteiger partial charge in [0, 0.05) is 33.2 Å². The molecule has 0 bridgehead atoms. The fourth-order valence-corrected chi connectivity index (χ4v) is 1.64. The average Bonchev–Trinajstić information content (AvgIpc) is 2.34. The molecule has 0 aliphatic heterocycles. The number of amides is 1. The van der Waals surface area contributed by atoms with Crippen LogP contribution in [0.2, 0.25) is 0 Å². The van der Waals surface area contributed by atoms with Gasteiger partial charge >= 0.3 is 0 Å². The summed E-state index contributed by atoms with van der Waals surface area (Å²) in [4.78, 5) is 13.7. The first kappa shape index (κ1) is 17.4. The van der Waals surface area contributed by atoms with Crippen molar-refractivity contribution in [2.75, 3.05) is 46.9 Å². The van der Waals surface area contributed by atoms with Gasteiger partial charge in [0.2, 0.25) is 5.91 Å². The second-order valence-corrected chi connectivity index (χ2v) is 4.87. The third-order valence-electron chi connectivity index (χ3n) is 3.02. The Morgan fingerprint density at radius 2 is 2.11 bits per heavy atom. The molecule has 0 fully saturated rings.